The predicted octanol–water partition coefficient (Wildman–Crippen LogP) is 3.41. The zero-order chi connectivity index (χ0) is 14.5. The van der Waals surface area contributed by atoms with Crippen LogP contribution in [-0.2, 0) is 4.74 Å². The number of benzene rings is 2. The molecule has 3 nitrogen and oxygen atoms in total. The Hall–Kier alpha value is -2.20. The fourth-order valence-electron chi connectivity index (χ4n) is 2.27. The van der Waals surface area contributed by atoms with Crippen molar-refractivity contribution in [3.05, 3.63) is 59.9 Å². The number of nitrogens with zero attached hydrogens (tertiary/aromatic N) is 2. The topological polar surface area (TPSA) is 24.8 Å². The quantitative estimate of drug-likeness (QED) is 0.807. The number of aliphatic imine (C=N–C) groups is 1. The van der Waals surface area contributed by atoms with Crippen molar-refractivity contribution in [2.45, 2.75) is 0 Å². The molecule has 1 aliphatic rings. The number of ether oxygens (including phenoxy) is 1. The van der Waals surface area contributed by atoms with E-state index >= 15 is 0 Å². The lowest BCUT2D eigenvalue weighted by molar-refractivity contribution is 0.122. The molecule has 21 heavy (non-hydrogen) atoms. The van der Waals surface area contributed by atoms with Gasteiger partial charge < -0.3 is 9.64 Å². The molecule has 2 aromatic rings. The maximum atomic E-state index is 12.8. The molecule has 1 aliphatic heterocycles. The van der Waals surface area contributed by atoms with Crippen molar-refractivity contribution in [1.29, 1.82) is 0 Å². The van der Waals surface area contributed by atoms with Gasteiger partial charge in [0.05, 0.1) is 18.9 Å². The Balaban J connectivity index is 1.67. The van der Waals surface area contributed by atoms with E-state index in [0.717, 1.165) is 37.6 Å². The molecule has 0 saturated carbocycles. The molecule has 0 N–H and O–H groups in total. The number of anilines is 1. The van der Waals surface area contributed by atoms with E-state index in [4.69, 9.17) is 4.74 Å². The molecular formula is C17H17FN2O. The standard InChI is InChI=1S/C17H17FN2O/c18-15-3-1-14(2-4-15)13-19-16-5-7-17(8-6-16)20-9-11-21-12-10-20/h1-8,13H,9-12H2. The van der Waals surface area contributed by atoms with Gasteiger partial charge in [0.1, 0.15) is 5.82 Å². The molecule has 4 heteroatoms. The minimum absolute atomic E-state index is 0.234. The fourth-order valence-corrected chi connectivity index (χ4v) is 2.27. The van der Waals surface area contributed by atoms with E-state index in [-0.39, 0.29) is 5.82 Å². The number of hydrogen-bond donors (Lipinski definition) is 0. The summed E-state index contributed by atoms with van der Waals surface area (Å²) < 4.78 is 18.2. The van der Waals surface area contributed by atoms with Gasteiger partial charge in [-0.05, 0) is 42.0 Å². The van der Waals surface area contributed by atoms with Crippen molar-refractivity contribution < 1.29 is 9.13 Å². The van der Waals surface area contributed by atoms with E-state index in [1.807, 2.05) is 12.1 Å². The molecule has 1 heterocycles. The van der Waals surface area contributed by atoms with Crippen molar-refractivity contribution in [3.8, 4) is 0 Å². The van der Waals surface area contributed by atoms with E-state index in [9.17, 15) is 4.39 Å². The predicted molar refractivity (Wildman–Crippen MR) is 83.1 cm³/mol. The van der Waals surface area contributed by atoms with Gasteiger partial charge in [0, 0.05) is 25.0 Å². The van der Waals surface area contributed by atoms with Crippen LogP contribution >= 0.6 is 0 Å². The van der Waals surface area contributed by atoms with Crippen LogP contribution in [0.25, 0.3) is 0 Å². The molecule has 0 aliphatic carbocycles. The number of rotatable bonds is 3. The molecule has 0 spiro atoms. The molecule has 0 unspecified atom stereocenters. The maximum Gasteiger partial charge on any atom is 0.123 e. The maximum absolute atomic E-state index is 12.8. The zero-order valence-corrected chi connectivity index (χ0v) is 11.7. The number of morpholine rings is 1. The highest BCUT2D eigenvalue weighted by atomic mass is 19.1. The van der Waals surface area contributed by atoms with Crippen LogP contribution in [0, 0.1) is 5.82 Å². The first-order valence-corrected chi connectivity index (χ1v) is 7.04. The summed E-state index contributed by atoms with van der Waals surface area (Å²) in [5, 5.41) is 0. The largest absolute Gasteiger partial charge is 0.378 e. The van der Waals surface area contributed by atoms with Crippen LogP contribution in [0.5, 0.6) is 0 Å². The van der Waals surface area contributed by atoms with Gasteiger partial charge in [0.15, 0.2) is 0 Å². The van der Waals surface area contributed by atoms with Crippen LogP contribution in [0.15, 0.2) is 53.5 Å². The smallest absolute Gasteiger partial charge is 0.123 e. The van der Waals surface area contributed by atoms with Gasteiger partial charge >= 0.3 is 0 Å². The Morgan fingerprint density at radius 1 is 0.952 bits per heavy atom. The normalized spacial score (nSPS) is 15.6. The molecule has 0 aromatic heterocycles. The summed E-state index contributed by atoms with van der Waals surface area (Å²) in [4.78, 5) is 6.70. The van der Waals surface area contributed by atoms with Gasteiger partial charge in [-0.2, -0.15) is 0 Å². The fraction of sp³-hybridized carbons (Fsp3) is 0.235. The summed E-state index contributed by atoms with van der Waals surface area (Å²) in [7, 11) is 0. The lowest BCUT2D eigenvalue weighted by Gasteiger charge is -2.28. The van der Waals surface area contributed by atoms with Gasteiger partial charge in [-0.15, -0.1) is 0 Å². The second-order valence-electron chi connectivity index (χ2n) is 4.93. The Morgan fingerprint density at radius 2 is 1.62 bits per heavy atom. The summed E-state index contributed by atoms with van der Waals surface area (Å²) >= 11 is 0. The van der Waals surface area contributed by atoms with Crippen molar-refractivity contribution in [3.63, 3.8) is 0 Å². The first kappa shape index (κ1) is 13.8. The molecule has 3 rings (SSSR count). The molecule has 1 saturated heterocycles. The van der Waals surface area contributed by atoms with Gasteiger partial charge in [-0.25, -0.2) is 4.39 Å². The van der Waals surface area contributed by atoms with Gasteiger partial charge in [0.2, 0.25) is 0 Å². The Kier molecular flexibility index (Phi) is 4.26. The minimum Gasteiger partial charge on any atom is -0.378 e. The molecule has 1 fully saturated rings. The molecule has 0 atom stereocenters. The van der Waals surface area contributed by atoms with E-state index < -0.39 is 0 Å². The SMILES string of the molecule is Fc1ccc(C=Nc2ccc(N3CCOCC3)cc2)cc1. The number of hydrogen-bond acceptors (Lipinski definition) is 3. The second kappa shape index (κ2) is 6.50. The van der Waals surface area contributed by atoms with Crippen molar-refractivity contribution in [2.24, 2.45) is 4.99 Å². The minimum atomic E-state index is -0.234. The highest BCUT2D eigenvalue weighted by molar-refractivity contribution is 5.81. The summed E-state index contributed by atoms with van der Waals surface area (Å²) in [6, 6.07) is 14.4. The van der Waals surface area contributed by atoms with E-state index in [1.54, 1.807) is 18.3 Å². The van der Waals surface area contributed by atoms with Crippen LogP contribution < -0.4 is 4.90 Å². The monoisotopic (exact) mass is 284 g/mol. The van der Waals surface area contributed by atoms with Crippen molar-refractivity contribution in [2.75, 3.05) is 31.2 Å². The van der Waals surface area contributed by atoms with E-state index in [2.05, 4.69) is 22.0 Å². The summed E-state index contributed by atoms with van der Waals surface area (Å²) in [6.07, 6.45) is 1.74. The first-order valence-electron chi connectivity index (χ1n) is 7.04. The van der Waals surface area contributed by atoms with E-state index in [0.29, 0.717) is 0 Å². The highest BCUT2D eigenvalue weighted by Crippen LogP contribution is 2.20. The third-order valence-electron chi connectivity index (χ3n) is 3.46. The second-order valence-corrected chi connectivity index (χ2v) is 4.93. The van der Waals surface area contributed by atoms with E-state index in [1.165, 1.54) is 17.8 Å². The van der Waals surface area contributed by atoms with Gasteiger partial charge in [-0.1, -0.05) is 12.1 Å². The molecule has 0 radical (unpaired) electrons. The third kappa shape index (κ3) is 3.67. The Morgan fingerprint density at radius 3 is 2.29 bits per heavy atom. The molecule has 2 aromatic carbocycles. The van der Waals surface area contributed by atoms with Crippen molar-refractivity contribution >= 4 is 17.6 Å². The average molecular weight is 284 g/mol. The molecule has 0 amide bonds. The number of halogens is 1. The Labute approximate surface area is 123 Å². The van der Waals surface area contributed by atoms with Crippen LogP contribution in [0.1, 0.15) is 5.56 Å². The van der Waals surface area contributed by atoms with Crippen LogP contribution in [0.4, 0.5) is 15.8 Å². The lowest BCUT2D eigenvalue weighted by atomic mass is 10.2. The molecular weight excluding hydrogens is 267 g/mol. The van der Waals surface area contributed by atoms with Gasteiger partial charge in [-0.3, -0.25) is 4.99 Å². The van der Waals surface area contributed by atoms with Gasteiger partial charge in [0.25, 0.3) is 0 Å². The summed E-state index contributed by atoms with van der Waals surface area (Å²) in [6.45, 7) is 3.42. The average Bonchev–Trinajstić information content (AvgIpc) is 2.56. The molecule has 0 bridgehead atoms. The highest BCUT2D eigenvalue weighted by Gasteiger charge is 2.10. The zero-order valence-electron chi connectivity index (χ0n) is 11.7. The van der Waals surface area contributed by atoms with Crippen LogP contribution in [0.2, 0.25) is 0 Å². The van der Waals surface area contributed by atoms with Crippen LogP contribution in [0.3, 0.4) is 0 Å². The summed E-state index contributed by atoms with van der Waals surface area (Å²) in [5.74, 6) is -0.234. The Bertz CT molecular complexity index is 602. The lowest BCUT2D eigenvalue weighted by Crippen LogP contribution is -2.36. The molecule has 108 valence electrons. The first-order chi connectivity index (χ1) is 10.3. The van der Waals surface area contributed by atoms with Crippen molar-refractivity contribution in [1.82, 2.24) is 0 Å². The summed E-state index contributed by atoms with van der Waals surface area (Å²) in [5.41, 5.74) is 2.96. The van der Waals surface area contributed by atoms with Crippen LogP contribution in [-0.4, -0.2) is 32.5 Å². The third-order valence-corrected chi connectivity index (χ3v) is 3.46.